The lowest BCUT2D eigenvalue weighted by Gasteiger charge is -2.24. The largest absolute Gasteiger partial charge is 0.497 e. The summed E-state index contributed by atoms with van der Waals surface area (Å²) in [5, 5.41) is 3.86. The molecular formula is C22H22BrN3O5S. The molecule has 1 amide bonds. The topological polar surface area (TPSA) is 101 Å². The molecule has 0 bridgehead atoms. The number of hydrazone groups is 1. The van der Waals surface area contributed by atoms with Crippen molar-refractivity contribution in [2.45, 2.75) is 18.7 Å². The Kier molecular flexibility index (Phi) is 7.37. The maximum Gasteiger partial charge on any atom is 0.264 e. The van der Waals surface area contributed by atoms with E-state index in [0.717, 1.165) is 14.3 Å². The predicted molar refractivity (Wildman–Crippen MR) is 126 cm³/mol. The molecule has 1 heterocycles. The molecule has 0 saturated heterocycles. The van der Waals surface area contributed by atoms with Crippen molar-refractivity contribution in [3.63, 3.8) is 0 Å². The van der Waals surface area contributed by atoms with Crippen LogP contribution in [0.4, 0.5) is 5.69 Å². The molecule has 0 radical (unpaired) electrons. The number of halogens is 1. The molecule has 1 aromatic heterocycles. The Hall–Kier alpha value is -3.11. The van der Waals surface area contributed by atoms with Crippen molar-refractivity contribution in [1.82, 2.24) is 5.43 Å². The third-order valence-electron chi connectivity index (χ3n) is 4.51. The second-order valence-electron chi connectivity index (χ2n) is 6.87. The van der Waals surface area contributed by atoms with Gasteiger partial charge >= 0.3 is 0 Å². The molecule has 0 fully saturated rings. The SMILES string of the molecule is COc1ccc(S(=O)(=O)N(CC(=O)N/N=C/c2cc(Br)c(C)o2)c2ccc(C)cc2)cc1. The van der Waals surface area contributed by atoms with Crippen LogP contribution in [-0.4, -0.2) is 34.2 Å². The highest BCUT2D eigenvalue weighted by Gasteiger charge is 2.27. The van der Waals surface area contributed by atoms with Crippen LogP contribution in [0.5, 0.6) is 5.75 Å². The van der Waals surface area contributed by atoms with Crippen molar-refractivity contribution in [2.75, 3.05) is 18.0 Å². The quantitative estimate of drug-likeness (QED) is 0.357. The number of anilines is 1. The maximum absolute atomic E-state index is 13.3. The van der Waals surface area contributed by atoms with Crippen LogP contribution in [-0.2, 0) is 14.8 Å². The van der Waals surface area contributed by atoms with Crippen LogP contribution in [0.1, 0.15) is 17.1 Å². The second-order valence-corrected chi connectivity index (χ2v) is 9.59. The number of amides is 1. The summed E-state index contributed by atoms with van der Waals surface area (Å²) in [6.45, 7) is 3.21. The number of rotatable bonds is 8. The number of methoxy groups -OCH3 is 1. The fourth-order valence-corrected chi connectivity index (χ4v) is 4.51. The Bertz CT molecular complexity index is 1200. The van der Waals surface area contributed by atoms with Gasteiger partial charge in [-0.05, 0) is 66.2 Å². The number of nitrogens with one attached hydrogen (secondary N) is 1. The molecule has 0 atom stereocenters. The number of nitrogens with zero attached hydrogens (tertiary/aromatic N) is 2. The van der Waals surface area contributed by atoms with Crippen molar-refractivity contribution >= 4 is 43.8 Å². The molecule has 10 heteroatoms. The van der Waals surface area contributed by atoms with Gasteiger partial charge in [-0.2, -0.15) is 5.10 Å². The van der Waals surface area contributed by atoms with Gasteiger partial charge in [-0.25, -0.2) is 13.8 Å². The van der Waals surface area contributed by atoms with Crippen LogP contribution in [0, 0.1) is 13.8 Å². The first kappa shape index (κ1) is 23.6. The van der Waals surface area contributed by atoms with E-state index in [2.05, 4.69) is 26.5 Å². The van der Waals surface area contributed by atoms with Gasteiger partial charge in [0.1, 0.15) is 23.8 Å². The maximum atomic E-state index is 13.3. The summed E-state index contributed by atoms with van der Waals surface area (Å²) in [5.74, 6) is 1.03. The van der Waals surface area contributed by atoms with Crippen molar-refractivity contribution in [3.05, 3.63) is 76.2 Å². The van der Waals surface area contributed by atoms with E-state index < -0.39 is 22.5 Å². The number of sulfonamides is 1. The first-order valence-electron chi connectivity index (χ1n) is 9.52. The Balaban J connectivity index is 1.83. The fraction of sp³-hybridized carbons (Fsp3) is 0.182. The fourth-order valence-electron chi connectivity index (χ4n) is 2.78. The average Bonchev–Trinajstić information content (AvgIpc) is 3.09. The number of carbonyl (C=O) groups is 1. The highest BCUT2D eigenvalue weighted by atomic mass is 79.9. The third-order valence-corrected chi connectivity index (χ3v) is 7.09. The van der Waals surface area contributed by atoms with E-state index in [9.17, 15) is 13.2 Å². The molecule has 0 spiro atoms. The molecule has 8 nitrogen and oxygen atoms in total. The third kappa shape index (κ3) is 5.57. The summed E-state index contributed by atoms with van der Waals surface area (Å²) in [6, 6.07) is 14.5. The Morgan fingerprint density at radius 1 is 1.16 bits per heavy atom. The van der Waals surface area contributed by atoms with Gasteiger partial charge in [0.15, 0.2) is 0 Å². The number of hydrogen-bond acceptors (Lipinski definition) is 6. The smallest absolute Gasteiger partial charge is 0.264 e. The minimum Gasteiger partial charge on any atom is -0.497 e. The molecule has 1 N–H and O–H groups in total. The molecule has 3 rings (SSSR count). The minimum absolute atomic E-state index is 0.0334. The number of benzene rings is 2. The highest BCUT2D eigenvalue weighted by molar-refractivity contribution is 9.10. The van der Waals surface area contributed by atoms with Gasteiger partial charge in [0.25, 0.3) is 15.9 Å². The summed E-state index contributed by atoms with van der Waals surface area (Å²) in [6.07, 6.45) is 1.34. The van der Waals surface area contributed by atoms with E-state index in [1.54, 1.807) is 49.4 Å². The molecule has 0 unspecified atom stereocenters. The van der Waals surface area contributed by atoms with Crippen LogP contribution in [0.25, 0.3) is 0 Å². The van der Waals surface area contributed by atoms with Gasteiger partial charge in [0.05, 0.1) is 28.4 Å². The normalized spacial score (nSPS) is 11.5. The van der Waals surface area contributed by atoms with Crippen LogP contribution in [0.15, 0.2) is 73.5 Å². The summed E-state index contributed by atoms with van der Waals surface area (Å²) in [7, 11) is -2.53. The summed E-state index contributed by atoms with van der Waals surface area (Å²) in [4.78, 5) is 12.6. The average molecular weight is 520 g/mol. The molecule has 0 aliphatic carbocycles. The van der Waals surface area contributed by atoms with Gasteiger partial charge < -0.3 is 9.15 Å². The molecule has 2 aromatic carbocycles. The standard InChI is InChI=1S/C22H22BrN3O5S/c1-15-4-6-17(7-5-15)26(32(28,29)20-10-8-18(30-3)9-11-20)14-22(27)25-24-13-19-12-21(23)16(2)31-19/h4-13H,14H2,1-3H3,(H,25,27)/b24-13+. The van der Waals surface area contributed by atoms with Gasteiger partial charge in [-0.15, -0.1) is 0 Å². The van der Waals surface area contributed by atoms with Crippen LogP contribution < -0.4 is 14.5 Å². The number of hydrogen-bond donors (Lipinski definition) is 1. The van der Waals surface area contributed by atoms with Crippen molar-refractivity contribution < 1.29 is 22.4 Å². The molecule has 0 aliphatic rings. The molecule has 32 heavy (non-hydrogen) atoms. The van der Waals surface area contributed by atoms with E-state index in [1.165, 1.54) is 25.5 Å². The lowest BCUT2D eigenvalue weighted by Crippen LogP contribution is -2.39. The zero-order chi connectivity index (χ0) is 23.3. The van der Waals surface area contributed by atoms with E-state index in [1.807, 2.05) is 6.92 Å². The Morgan fingerprint density at radius 2 is 1.81 bits per heavy atom. The lowest BCUT2D eigenvalue weighted by atomic mass is 10.2. The number of furan rings is 1. The molecule has 168 valence electrons. The first-order valence-corrected chi connectivity index (χ1v) is 11.8. The van der Waals surface area contributed by atoms with E-state index in [0.29, 0.717) is 23.0 Å². The number of carbonyl (C=O) groups excluding carboxylic acids is 1. The second kappa shape index (κ2) is 10.0. The monoisotopic (exact) mass is 519 g/mol. The Morgan fingerprint density at radius 3 is 2.38 bits per heavy atom. The summed E-state index contributed by atoms with van der Waals surface area (Å²) in [5.41, 5.74) is 3.66. The van der Waals surface area contributed by atoms with Crippen LogP contribution in [0.3, 0.4) is 0 Å². The number of ether oxygens (including phenoxy) is 1. The number of aryl methyl sites for hydroxylation is 2. The predicted octanol–water partition coefficient (Wildman–Crippen LogP) is 4.01. The molecular weight excluding hydrogens is 498 g/mol. The highest BCUT2D eigenvalue weighted by Crippen LogP contribution is 2.25. The zero-order valence-corrected chi connectivity index (χ0v) is 20.1. The van der Waals surface area contributed by atoms with Gasteiger partial charge in [0.2, 0.25) is 0 Å². The molecule has 3 aromatic rings. The Labute approximate surface area is 195 Å². The van der Waals surface area contributed by atoms with Gasteiger partial charge in [0, 0.05) is 6.07 Å². The zero-order valence-electron chi connectivity index (χ0n) is 17.7. The van der Waals surface area contributed by atoms with Crippen molar-refractivity contribution in [3.8, 4) is 5.75 Å². The first-order chi connectivity index (χ1) is 15.2. The van der Waals surface area contributed by atoms with Gasteiger partial charge in [-0.3, -0.25) is 9.10 Å². The summed E-state index contributed by atoms with van der Waals surface area (Å²) < 4.78 is 39.0. The van der Waals surface area contributed by atoms with Crippen molar-refractivity contribution in [2.24, 2.45) is 5.10 Å². The van der Waals surface area contributed by atoms with Gasteiger partial charge in [-0.1, -0.05) is 17.7 Å². The van der Waals surface area contributed by atoms with Crippen LogP contribution >= 0.6 is 15.9 Å². The van der Waals surface area contributed by atoms with E-state index in [-0.39, 0.29) is 4.90 Å². The summed E-state index contributed by atoms with van der Waals surface area (Å²) >= 11 is 3.33. The van der Waals surface area contributed by atoms with E-state index >= 15 is 0 Å². The van der Waals surface area contributed by atoms with E-state index in [4.69, 9.17) is 9.15 Å². The lowest BCUT2D eigenvalue weighted by molar-refractivity contribution is -0.119. The van der Waals surface area contributed by atoms with Crippen LogP contribution in [0.2, 0.25) is 0 Å². The molecule has 0 saturated carbocycles. The minimum atomic E-state index is -4.03. The van der Waals surface area contributed by atoms with Crippen molar-refractivity contribution in [1.29, 1.82) is 0 Å². The molecule has 0 aliphatic heterocycles.